The molecule has 0 saturated heterocycles. The summed E-state index contributed by atoms with van der Waals surface area (Å²) in [5.41, 5.74) is 1.91. The largest absolute Gasteiger partial charge is 0.496 e. The van der Waals surface area contributed by atoms with Gasteiger partial charge in [0.2, 0.25) is 0 Å². The van der Waals surface area contributed by atoms with E-state index < -0.39 is 0 Å². The Hall–Kier alpha value is -3.61. The third-order valence-corrected chi connectivity index (χ3v) is 4.58. The molecule has 28 heavy (non-hydrogen) atoms. The maximum atomic E-state index is 13.3. The highest BCUT2D eigenvalue weighted by molar-refractivity contribution is 5.99. The Morgan fingerprint density at radius 3 is 2.36 bits per heavy atom. The summed E-state index contributed by atoms with van der Waals surface area (Å²) in [5.74, 6) is 0.770. The maximum absolute atomic E-state index is 13.3. The molecule has 0 saturated carbocycles. The SMILES string of the molecule is COc1cc(OC)c2c(=O)cc(-c3ccc(F)cc3)oc2c1-c1ccnn1C. The average Bonchev–Trinajstić information content (AvgIpc) is 3.12. The number of aromatic nitrogens is 2. The summed E-state index contributed by atoms with van der Waals surface area (Å²) < 4.78 is 32.0. The van der Waals surface area contributed by atoms with E-state index in [-0.39, 0.29) is 11.2 Å². The van der Waals surface area contributed by atoms with Crippen molar-refractivity contribution in [2.75, 3.05) is 14.2 Å². The molecule has 4 aromatic rings. The quantitative estimate of drug-likeness (QED) is 0.535. The van der Waals surface area contributed by atoms with Gasteiger partial charge in [-0.05, 0) is 30.3 Å². The lowest BCUT2D eigenvalue weighted by molar-refractivity contribution is 0.397. The molecule has 4 rings (SSSR count). The fraction of sp³-hybridized carbons (Fsp3) is 0.143. The highest BCUT2D eigenvalue weighted by Gasteiger charge is 2.22. The zero-order chi connectivity index (χ0) is 19.8. The van der Waals surface area contributed by atoms with E-state index in [0.717, 1.165) is 0 Å². The second-order valence-electron chi connectivity index (χ2n) is 6.18. The van der Waals surface area contributed by atoms with Gasteiger partial charge in [-0.3, -0.25) is 9.48 Å². The summed E-state index contributed by atoms with van der Waals surface area (Å²) in [4.78, 5) is 12.9. The molecule has 2 aromatic carbocycles. The molecule has 6 nitrogen and oxygen atoms in total. The number of fused-ring (bicyclic) bond motifs is 1. The second kappa shape index (κ2) is 6.84. The van der Waals surface area contributed by atoms with Crippen LogP contribution in [0.5, 0.6) is 11.5 Å². The molecular formula is C21H17FN2O4. The van der Waals surface area contributed by atoms with E-state index in [9.17, 15) is 9.18 Å². The van der Waals surface area contributed by atoms with Crippen LogP contribution in [0, 0.1) is 5.82 Å². The van der Waals surface area contributed by atoms with Gasteiger partial charge in [0.05, 0.1) is 25.5 Å². The Balaban J connectivity index is 2.13. The van der Waals surface area contributed by atoms with E-state index in [2.05, 4.69) is 5.10 Å². The average molecular weight is 380 g/mol. The van der Waals surface area contributed by atoms with Gasteiger partial charge < -0.3 is 13.9 Å². The molecule has 0 radical (unpaired) electrons. The summed E-state index contributed by atoms with van der Waals surface area (Å²) in [6, 6.07) is 10.6. The molecule has 7 heteroatoms. The van der Waals surface area contributed by atoms with Crippen LogP contribution in [0.2, 0.25) is 0 Å². The molecule has 142 valence electrons. The number of methoxy groups -OCH3 is 2. The predicted octanol–water partition coefficient (Wildman–Crippen LogP) is 4.02. The number of nitrogens with zero attached hydrogens (tertiary/aromatic N) is 2. The van der Waals surface area contributed by atoms with Gasteiger partial charge in [-0.1, -0.05) is 0 Å². The first-order chi connectivity index (χ1) is 13.5. The van der Waals surface area contributed by atoms with E-state index in [1.54, 1.807) is 42.2 Å². The number of halogens is 1. The number of aryl methyl sites for hydroxylation is 1. The summed E-state index contributed by atoms with van der Waals surface area (Å²) in [7, 11) is 4.79. The number of hydrogen-bond donors (Lipinski definition) is 0. The van der Waals surface area contributed by atoms with E-state index >= 15 is 0 Å². The molecule has 0 aliphatic heterocycles. The van der Waals surface area contributed by atoms with Crippen LogP contribution in [-0.2, 0) is 7.05 Å². The lowest BCUT2D eigenvalue weighted by Gasteiger charge is -2.15. The zero-order valence-electron chi connectivity index (χ0n) is 15.5. The second-order valence-corrected chi connectivity index (χ2v) is 6.18. The van der Waals surface area contributed by atoms with Crippen LogP contribution in [0.3, 0.4) is 0 Å². The molecule has 0 unspecified atom stereocenters. The lowest BCUT2D eigenvalue weighted by atomic mass is 10.0. The van der Waals surface area contributed by atoms with Gasteiger partial charge in [0.1, 0.15) is 28.5 Å². The van der Waals surface area contributed by atoms with Crippen LogP contribution in [0.1, 0.15) is 0 Å². The van der Waals surface area contributed by atoms with E-state index in [1.165, 1.54) is 32.4 Å². The normalized spacial score (nSPS) is 11.0. The number of rotatable bonds is 4. The first-order valence-electron chi connectivity index (χ1n) is 8.50. The molecule has 0 N–H and O–H groups in total. The third-order valence-electron chi connectivity index (χ3n) is 4.58. The Morgan fingerprint density at radius 1 is 1.04 bits per heavy atom. The van der Waals surface area contributed by atoms with Crippen molar-refractivity contribution >= 4 is 11.0 Å². The number of ether oxygens (including phenoxy) is 2. The summed E-state index contributed by atoms with van der Waals surface area (Å²) in [5, 5.41) is 4.50. The van der Waals surface area contributed by atoms with Gasteiger partial charge in [-0.15, -0.1) is 0 Å². The molecule has 0 atom stereocenters. The summed E-state index contributed by atoms with van der Waals surface area (Å²) in [6.45, 7) is 0. The molecule has 0 fully saturated rings. The first-order valence-corrected chi connectivity index (χ1v) is 8.50. The molecule has 0 spiro atoms. The van der Waals surface area contributed by atoms with E-state index in [1.807, 2.05) is 0 Å². The van der Waals surface area contributed by atoms with Crippen molar-refractivity contribution in [2.24, 2.45) is 7.05 Å². The van der Waals surface area contributed by atoms with Crippen LogP contribution in [0.25, 0.3) is 33.6 Å². The van der Waals surface area contributed by atoms with Crippen LogP contribution < -0.4 is 14.9 Å². The van der Waals surface area contributed by atoms with Crippen molar-refractivity contribution in [1.29, 1.82) is 0 Å². The zero-order valence-corrected chi connectivity index (χ0v) is 15.5. The van der Waals surface area contributed by atoms with Gasteiger partial charge in [-0.2, -0.15) is 5.10 Å². The van der Waals surface area contributed by atoms with Crippen molar-refractivity contribution in [1.82, 2.24) is 9.78 Å². The molecule has 0 aliphatic carbocycles. The van der Waals surface area contributed by atoms with E-state index in [4.69, 9.17) is 13.9 Å². The lowest BCUT2D eigenvalue weighted by Crippen LogP contribution is -2.06. The highest BCUT2D eigenvalue weighted by Crippen LogP contribution is 2.41. The monoisotopic (exact) mass is 380 g/mol. The van der Waals surface area contributed by atoms with Gasteiger partial charge in [-0.25, -0.2) is 4.39 Å². The molecule has 0 bridgehead atoms. The minimum Gasteiger partial charge on any atom is -0.496 e. The van der Waals surface area contributed by atoms with Crippen LogP contribution >= 0.6 is 0 Å². The molecule has 2 aromatic heterocycles. The first kappa shape index (κ1) is 17.8. The molecule has 0 aliphatic rings. The van der Waals surface area contributed by atoms with Crippen molar-refractivity contribution in [3.63, 3.8) is 0 Å². The fourth-order valence-electron chi connectivity index (χ4n) is 3.22. The van der Waals surface area contributed by atoms with Gasteiger partial charge in [0.15, 0.2) is 11.0 Å². The highest BCUT2D eigenvalue weighted by atomic mass is 19.1. The Labute approximate surface area is 159 Å². The smallest absolute Gasteiger partial charge is 0.197 e. The topological polar surface area (TPSA) is 66.5 Å². The van der Waals surface area contributed by atoms with Gasteiger partial charge in [0, 0.05) is 30.9 Å². The van der Waals surface area contributed by atoms with Crippen molar-refractivity contribution < 1.29 is 18.3 Å². The third kappa shape index (κ3) is 2.81. The predicted molar refractivity (Wildman–Crippen MR) is 103 cm³/mol. The minimum absolute atomic E-state index is 0.275. The fourth-order valence-corrected chi connectivity index (χ4v) is 3.22. The number of benzene rings is 2. The van der Waals surface area contributed by atoms with Gasteiger partial charge in [0.25, 0.3) is 0 Å². The van der Waals surface area contributed by atoms with E-state index in [0.29, 0.717) is 45.0 Å². The number of hydrogen-bond acceptors (Lipinski definition) is 5. The Bertz CT molecular complexity index is 1230. The summed E-state index contributed by atoms with van der Waals surface area (Å²) >= 11 is 0. The van der Waals surface area contributed by atoms with Crippen LogP contribution in [0.15, 0.2) is 57.9 Å². The molecule has 2 heterocycles. The van der Waals surface area contributed by atoms with Crippen LogP contribution in [-0.4, -0.2) is 24.0 Å². The summed E-state index contributed by atoms with van der Waals surface area (Å²) in [6.07, 6.45) is 1.65. The Kier molecular flexibility index (Phi) is 4.35. The standard InChI is InChI=1S/C21H17FN2O4/c1-24-14(8-9-23-24)19-17(26-2)11-18(27-3)20-15(25)10-16(28-21(19)20)12-4-6-13(22)7-5-12/h4-11H,1-3H3. The van der Waals surface area contributed by atoms with Crippen LogP contribution in [0.4, 0.5) is 4.39 Å². The van der Waals surface area contributed by atoms with Crippen molar-refractivity contribution in [2.45, 2.75) is 0 Å². The molecule has 0 amide bonds. The van der Waals surface area contributed by atoms with Crippen molar-refractivity contribution in [3.05, 3.63) is 64.7 Å². The van der Waals surface area contributed by atoms with Gasteiger partial charge >= 0.3 is 0 Å². The van der Waals surface area contributed by atoms with Crippen molar-refractivity contribution in [3.8, 4) is 34.1 Å². The molecular weight excluding hydrogens is 363 g/mol. The Morgan fingerprint density at radius 2 is 1.75 bits per heavy atom. The maximum Gasteiger partial charge on any atom is 0.197 e. The minimum atomic E-state index is -0.370.